The fourth-order valence-corrected chi connectivity index (χ4v) is 3.33. The van der Waals surface area contributed by atoms with Crippen LogP contribution in [-0.2, 0) is 0 Å². The van der Waals surface area contributed by atoms with Gasteiger partial charge in [0, 0.05) is 31.7 Å². The second-order valence-corrected chi connectivity index (χ2v) is 5.47. The fourth-order valence-electron chi connectivity index (χ4n) is 3.33. The third-order valence-corrected chi connectivity index (χ3v) is 4.28. The van der Waals surface area contributed by atoms with Crippen LogP contribution in [-0.4, -0.2) is 41.0 Å². The van der Waals surface area contributed by atoms with Crippen LogP contribution in [0.15, 0.2) is 33.9 Å². The van der Waals surface area contributed by atoms with E-state index in [0.29, 0.717) is 0 Å². The highest BCUT2D eigenvalue weighted by Gasteiger charge is 2.35. The molecule has 0 saturated carbocycles. The minimum absolute atomic E-state index is 0.0165. The molecule has 0 amide bonds. The highest BCUT2D eigenvalue weighted by atomic mass is 16.2. The van der Waals surface area contributed by atoms with Crippen LogP contribution >= 0.6 is 0 Å². The van der Waals surface area contributed by atoms with Crippen molar-refractivity contribution in [1.82, 2.24) is 20.2 Å². The molecule has 4 rings (SSSR count). The summed E-state index contributed by atoms with van der Waals surface area (Å²) in [6, 6.07) is 8.02. The van der Waals surface area contributed by atoms with Crippen LogP contribution < -0.4 is 16.4 Å². The van der Waals surface area contributed by atoms with E-state index in [1.807, 2.05) is 18.2 Å². The number of hydrogen-bond acceptors (Lipinski definition) is 4. The average molecular weight is 284 g/mol. The third-order valence-electron chi connectivity index (χ3n) is 4.28. The summed E-state index contributed by atoms with van der Waals surface area (Å²) >= 11 is 0. The first-order valence-electron chi connectivity index (χ1n) is 7.16. The lowest BCUT2D eigenvalue weighted by Gasteiger charge is -2.33. The molecule has 0 bridgehead atoms. The fraction of sp³-hybridized carbons (Fsp3) is 0.333. The van der Waals surface area contributed by atoms with E-state index in [9.17, 15) is 9.59 Å². The molecule has 1 aromatic carbocycles. The minimum Gasteiger partial charge on any atom is -0.318 e. The first-order valence-corrected chi connectivity index (χ1v) is 7.16. The van der Waals surface area contributed by atoms with Crippen LogP contribution in [0.2, 0.25) is 0 Å². The Bertz CT molecular complexity index is 802. The maximum Gasteiger partial charge on any atom is 0.314 e. The van der Waals surface area contributed by atoms with Crippen LogP contribution in [0.4, 0.5) is 0 Å². The average Bonchev–Trinajstić information content (AvgIpc) is 2.82. The Morgan fingerprint density at radius 1 is 1.00 bits per heavy atom. The second-order valence-electron chi connectivity index (χ2n) is 5.47. The summed E-state index contributed by atoms with van der Waals surface area (Å²) in [7, 11) is 0. The number of nitrogens with zero attached hydrogens (tertiary/aromatic N) is 1. The van der Waals surface area contributed by atoms with E-state index in [-0.39, 0.29) is 6.04 Å². The molecule has 1 saturated heterocycles. The summed E-state index contributed by atoms with van der Waals surface area (Å²) in [6.07, 6.45) is 0. The quantitative estimate of drug-likeness (QED) is 0.646. The molecule has 21 heavy (non-hydrogen) atoms. The molecule has 2 aromatic rings. The molecule has 0 radical (unpaired) electrons. The molecule has 2 aliphatic rings. The number of piperazine rings is 1. The minimum atomic E-state index is -0.593. The van der Waals surface area contributed by atoms with Crippen molar-refractivity contribution in [2.24, 2.45) is 0 Å². The van der Waals surface area contributed by atoms with E-state index in [0.717, 1.165) is 48.7 Å². The maximum atomic E-state index is 11.7. The summed E-state index contributed by atoms with van der Waals surface area (Å²) in [5, 5.41) is 3.34. The Morgan fingerprint density at radius 2 is 1.71 bits per heavy atom. The van der Waals surface area contributed by atoms with Crippen molar-refractivity contribution in [3.8, 4) is 11.3 Å². The van der Waals surface area contributed by atoms with Gasteiger partial charge in [-0.2, -0.15) is 0 Å². The number of aromatic amines is 2. The molecule has 1 unspecified atom stereocenters. The molecule has 6 heteroatoms. The molecule has 0 spiro atoms. The Kier molecular flexibility index (Phi) is 2.80. The van der Waals surface area contributed by atoms with Gasteiger partial charge in [-0.3, -0.25) is 14.5 Å². The Labute approximate surface area is 120 Å². The number of H-pyrrole nitrogens is 2. The van der Waals surface area contributed by atoms with Crippen LogP contribution in [0, 0.1) is 0 Å². The van der Waals surface area contributed by atoms with Crippen molar-refractivity contribution in [3.05, 3.63) is 56.2 Å². The van der Waals surface area contributed by atoms with Gasteiger partial charge in [0.05, 0.1) is 17.4 Å². The SMILES string of the molecule is O=c1[nH]c2c([nH]c1=O)C(N1CCNCC1)c1ccccc1-2. The molecule has 1 aromatic heterocycles. The summed E-state index contributed by atoms with van der Waals surface area (Å²) in [6.45, 7) is 3.70. The standard InChI is InChI=1S/C15H16N4O2/c20-14-15(21)18-12-11(17-14)9-3-1-2-4-10(9)13(12)19-7-5-16-6-8-19/h1-4,13,16H,5-8H2,(H,17,20)(H,18,21). The number of hydrogen-bond donors (Lipinski definition) is 3. The van der Waals surface area contributed by atoms with Gasteiger partial charge in [0.15, 0.2) is 0 Å². The molecule has 6 nitrogen and oxygen atoms in total. The Hall–Kier alpha value is -2.18. The van der Waals surface area contributed by atoms with Gasteiger partial charge in [0.2, 0.25) is 0 Å². The number of nitrogens with one attached hydrogen (secondary N) is 3. The summed E-state index contributed by atoms with van der Waals surface area (Å²) < 4.78 is 0. The molecule has 1 aliphatic carbocycles. The third kappa shape index (κ3) is 1.87. The number of aromatic nitrogens is 2. The normalized spacial score (nSPS) is 21.0. The van der Waals surface area contributed by atoms with E-state index in [4.69, 9.17) is 0 Å². The van der Waals surface area contributed by atoms with E-state index in [1.54, 1.807) is 0 Å². The zero-order chi connectivity index (χ0) is 14.4. The first-order chi connectivity index (χ1) is 10.3. The molecule has 3 N–H and O–H groups in total. The first kappa shape index (κ1) is 12.6. The lowest BCUT2D eigenvalue weighted by atomic mass is 10.1. The molecule has 1 aliphatic heterocycles. The summed E-state index contributed by atoms with van der Waals surface area (Å²) in [5.41, 5.74) is 2.53. The van der Waals surface area contributed by atoms with Crippen molar-refractivity contribution in [2.45, 2.75) is 6.04 Å². The largest absolute Gasteiger partial charge is 0.318 e. The summed E-state index contributed by atoms with van der Waals surface area (Å²) in [4.78, 5) is 31.2. The molecule has 2 heterocycles. The molecular formula is C15H16N4O2. The van der Waals surface area contributed by atoms with Crippen molar-refractivity contribution < 1.29 is 0 Å². The number of fused-ring (bicyclic) bond motifs is 3. The predicted octanol–water partition coefficient (Wildman–Crippen LogP) is 0.0382. The monoisotopic (exact) mass is 284 g/mol. The van der Waals surface area contributed by atoms with Crippen LogP contribution in [0.25, 0.3) is 11.3 Å². The van der Waals surface area contributed by atoms with Gasteiger partial charge in [-0.15, -0.1) is 0 Å². The zero-order valence-electron chi connectivity index (χ0n) is 11.5. The van der Waals surface area contributed by atoms with Gasteiger partial charge >= 0.3 is 11.1 Å². The second kappa shape index (κ2) is 4.68. The predicted molar refractivity (Wildman–Crippen MR) is 79.4 cm³/mol. The smallest absolute Gasteiger partial charge is 0.314 e. The molecule has 108 valence electrons. The Morgan fingerprint density at radius 3 is 2.52 bits per heavy atom. The van der Waals surface area contributed by atoms with Crippen LogP contribution in [0.1, 0.15) is 17.3 Å². The van der Waals surface area contributed by atoms with Crippen molar-refractivity contribution in [2.75, 3.05) is 26.2 Å². The van der Waals surface area contributed by atoms with Gasteiger partial charge in [-0.05, 0) is 5.56 Å². The lowest BCUT2D eigenvalue weighted by molar-refractivity contribution is 0.198. The molecule has 1 atom stereocenters. The topological polar surface area (TPSA) is 81.0 Å². The van der Waals surface area contributed by atoms with E-state index < -0.39 is 11.1 Å². The van der Waals surface area contributed by atoms with Gasteiger partial charge < -0.3 is 15.3 Å². The van der Waals surface area contributed by atoms with Crippen molar-refractivity contribution in [3.63, 3.8) is 0 Å². The van der Waals surface area contributed by atoms with Gasteiger partial charge in [0.25, 0.3) is 0 Å². The Balaban J connectivity index is 1.93. The molecule has 1 fully saturated rings. The van der Waals surface area contributed by atoms with Crippen molar-refractivity contribution in [1.29, 1.82) is 0 Å². The van der Waals surface area contributed by atoms with Gasteiger partial charge in [-0.25, -0.2) is 0 Å². The van der Waals surface area contributed by atoms with E-state index >= 15 is 0 Å². The van der Waals surface area contributed by atoms with E-state index in [1.165, 1.54) is 0 Å². The van der Waals surface area contributed by atoms with Crippen molar-refractivity contribution >= 4 is 0 Å². The van der Waals surface area contributed by atoms with E-state index in [2.05, 4.69) is 26.3 Å². The van der Waals surface area contributed by atoms with Gasteiger partial charge in [0.1, 0.15) is 0 Å². The number of benzene rings is 1. The van der Waals surface area contributed by atoms with Crippen LogP contribution in [0.3, 0.4) is 0 Å². The highest BCUT2D eigenvalue weighted by molar-refractivity contribution is 5.73. The zero-order valence-corrected chi connectivity index (χ0v) is 11.5. The highest BCUT2D eigenvalue weighted by Crippen LogP contribution is 2.43. The van der Waals surface area contributed by atoms with Crippen LogP contribution in [0.5, 0.6) is 0 Å². The number of rotatable bonds is 1. The lowest BCUT2D eigenvalue weighted by Crippen LogP contribution is -2.45. The molecular weight excluding hydrogens is 268 g/mol. The maximum absolute atomic E-state index is 11.7. The van der Waals surface area contributed by atoms with Gasteiger partial charge in [-0.1, -0.05) is 24.3 Å². The summed E-state index contributed by atoms with van der Waals surface area (Å²) in [5.74, 6) is 0.